The lowest BCUT2D eigenvalue weighted by atomic mass is 10.1. The first-order chi connectivity index (χ1) is 15.2. The van der Waals surface area contributed by atoms with Crippen LogP contribution in [0.5, 0.6) is 0 Å². The molecule has 0 aliphatic heterocycles. The summed E-state index contributed by atoms with van der Waals surface area (Å²) in [7, 11) is -3.54. The largest absolute Gasteiger partial charge is 0.478 e. The van der Waals surface area contributed by atoms with Crippen LogP contribution in [-0.4, -0.2) is 37.7 Å². The SMILES string of the molecule is Cl.O=C(O)c1ccc(CS(=O)(=O)c2ccc(CCNC[C@@H](O)c3cccc(Cl)c3)cc2)cc1. The van der Waals surface area contributed by atoms with Gasteiger partial charge in [0.1, 0.15) is 0 Å². The molecule has 0 radical (unpaired) electrons. The number of carboxylic acid groups (broad SMARTS) is 1. The number of hydrogen-bond donors (Lipinski definition) is 3. The van der Waals surface area contributed by atoms with Crippen molar-refractivity contribution in [1.82, 2.24) is 5.32 Å². The highest BCUT2D eigenvalue weighted by atomic mass is 35.5. The van der Waals surface area contributed by atoms with Gasteiger partial charge in [-0.1, -0.05) is 48.0 Å². The molecule has 0 heterocycles. The highest BCUT2D eigenvalue weighted by molar-refractivity contribution is 7.90. The second kappa shape index (κ2) is 12.2. The molecule has 9 heteroatoms. The van der Waals surface area contributed by atoms with E-state index < -0.39 is 21.9 Å². The van der Waals surface area contributed by atoms with E-state index in [4.69, 9.17) is 16.7 Å². The first-order valence-corrected chi connectivity index (χ1v) is 12.1. The van der Waals surface area contributed by atoms with Gasteiger partial charge < -0.3 is 15.5 Å². The Morgan fingerprint density at radius 2 is 1.61 bits per heavy atom. The number of halogens is 2. The Labute approximate surface area is 204 Å². The van der Waals surface area contributed by atoms with Crippen molar-refractivity contribution < 1.29 is 23.4 Å². The van der Waals surface area contributed by atoms with Crippen molar-refractivity contribution in [2.75, 3.05) is 13.1 Å². The maximum absolute atomic E-state index is 12.7. The highest BCUT2D eigenvalue weighted by Gasteiger charge is 2.16. The molecule has 0 aliphatic rings. The van der Waals surface area contributed by atoms with E-state index in [1.165, 1.54) is 24.3 Å². The molecule has 0 saturated heterocycles. The predicted molar refractivity (Wildman–Crippen MR) is 131 cm³/mol. The summed E-state index contributed by atoms with van der Waals surface area (Å²) in [6.07, 6.45) is 0.0185. The minimum Gasteiger partial charge on any atom is -0.478 e. The van der Waals surface area contributed by atoms with E-state index in [1.807, 2.05) is 6.07 Å². The number of hydrogen-bond acceptors (Lipinski definition) is 5. The fraction of sp³-hybridized carbons (Fsp3) is 0.208. The Kier molecular flexibility index (Phi) is 9.88. The third-order valence-corrected chi connectivity index (χ3v) is 6.94. The number of aliphatic hydroxyl groups is 1. The van der Waals surface area contributed by atoms with Gasteiger partial charge in [0.05, 0.1) is 22.3 Å². The predicted octanol–water partition coefficient (Wildman–Crippen LogP) is 4.30. The number of sulfone groups is 1. The quantitative estimate of drug-likeness (QED) is 0.352. The van der Waals surface area contributed by atoms with E-state index in [-0.39, 0.29) is 28.6 Å². The van der Waals surface area contributed by atoms with Gasteiger partial charge in [-0.2, -0.15) is 0 Å². The minimum absolute atomic E-state index is 0. The highest BCUT2D eigenvalue weighted by Crippen LogP contribution is 2.19. The average molecular weight is 510 g/mol. The molecule has 0 fully saturated rings. The number of aromatic carboxylic acids is 1. The van der Waals surface area contributed by atoms with Gasteiger partial charge in [0.2, 0.25) is 0 Å². The molecule has 3 aromatic rings. The summed E-state index contributed by atoms with van der Waals surface area (Å²) in [5, 5.41) is 22.9. The molecule has 0 bridgehead atoms. The lowest BCUT2D eigenvalue weighted by Crippen LogP contribution is -2.23. The van der Waals surface area contributed by atoms with E-state index >= 15 is 0 Å². The van der Waals surface area contributed by atoms with Crippen LogP contribution in [0.4, 0.5) is 0 Å². The van der Waals surface area contributed by atoms with Crippen LogP contribution in [0.25, 0.3) is 0 Å². The van der Waals surface area contributed by atoms with Crippen molar-refractivity contribution in [2.24, 2.45) is 0 Å². The Balaban J connectivity index is 0.00000385. The molecular weight excluding hydrogens is 485 g/mol. The van der Waals surface area contributed by atoms with Crippen molar-refractivity contribution in [3.63, 3.8) is 0 Å². The number of benzene rings is 3. The molecule has 0 unspecified atom stereocenters. The Bertz CT molecular complexity index is 1170. The van der Waals surface area contributed by atoms with Crippen LogP contribution in [-0.2, 0) is 22.0 Å². The maximum Gasteiger partial charge on any atom is 0.335 e. The first-order valence-electron chi connectivity index (χ1n) is 10.0. The van der Waals surface area contributed by atoms with Crippen LogP contribution in [0.2, 0.25) is 5.02 Å². The first kappa shape index (κ1) is 26.8. The molecule has 3 N–H and O–H groups in total. The average Bonchev–Trinajstić information content (AvgIpc) is 2.77. The molecule has 0 saturated carbocycles. The topological polar surface area (TPSA) is 104 Å². The molecule has 176 valence electrons. The number of aliphatic hydroxyl groups excluding tert-OH is 1. The van der Waals surface area contributed by atoms with Crippen molar-refractivity contribution in [3.05, 3.63) is 100 Å². The van der Waals surface area contributed by atoms with Crippen molar-refractivity contribution >= 4 is 39.8 Å². The van der Waals surface area contributed by atoms with Gasteiger partial charge in [0.25, 0.3) is 0 Å². The standard InChI is InChI=1S/C24H24ClNO5S.ClH/c25-21-3-1-2-20(14-21)23(27)15-26-13-12-17-6-10-22(11-7-17)32(30,31)16-18-4-8-19(9-5-18)24(28)29;/h1-11,14,23,26-27H,12-13,15-16H2,(H,28,29);1H/t23-;/m1./s1. The fourth-order valence-electron chi connectivity index (χ4n) is 3.21. The summed E-state index contributed by atoms with van der Waals surface area (Å²) in [4.78, 5) is 11.1. The van der Waals surface area contributed by atoms with Gasteiger partial charge in [0.15, 0.2) is 9.84 Å². The second-order valence-corrected chi connectivity index (χ2v) is 9.86. The van der Waals surface area contributed by atoms with Crippen LogP contribution in [0.3, 0.4) is 0 Å². The van der Waals surface area contributed by atoms with E-state index in [9.17, 15) is 18.3 Å². The van der Waals surface area contributed by atoms with Gasteiger partial charge >= 0.3 is 5.97 Å². The normalized spacial score (nSPS) is 12.1. The van der Waals surface area contributed by atoms with Gasteiger partial charge in [-0.15, -0.1) is 12.4 Å². The van der Waals surface area contributed by atoms with E-state index in [0.717, 1.165) is 11.1 Å². The second-order valence-electron chi connectivity index (χ2n) is 7.43. The summed E-state index contributed by atoms with van der Waals surface area (Å²) >= 11 is 5.94. The van der Waals surface area contributed by atoms with Gasteiger partial charge in [-0.3, -0.25) is 0 Å². The zero-order valence-corrected chi connectivity index (χ0v) is 20.0. The Morgan fingerprint density at radius 3 is 2.21 bits per heavy atom. The summed E-state index contributed by atoms with van der Waals surface area (Å²) in [5.41, 5.74) is 2.36. The van der Waals surface area contributed by atoms with Crippen LogP contribution < -0.4 is 5.32 Å². The van der Waals surface area contributed by atoms with Crippen LogP contribution in [0.1, 0.15) is 33.2 Å². The zero-order chi connectivity index (χ0) is 23.1. The van der Waals surface area contributed by atoms with Gasteiger partial charge in [0, 0.05) is 11.6 Å². The maximum atomic E-state index is 12.7. The van der Waals surface area contributed by atoms with Crippen molar-refractivity contribution in [2.45, 2.75) is 23.2 Å². The zero-order valence-electron chi connectivity index (χ0n) is 17.6. The van der Waals surface area contributed by atoms with E-state index in [0.29, 0.717) is 30.1 Å². The van der Waals surface area contributed by atoms with Crippen LogP contribution in [0.15, 0.2) is 77.7 Å². The molecule has 0 amide bonds. The lowest BCUT2D eigenvalue weighted by Gasteiger charge is -2.12. The third-order valence-electron chi connectivity index (χ3n) is 5.00. The molecule has 0 aliphatic carbocycles. The summed E-state index contributed by atoms with van der Waals surface area (Å²) in [6, 6.07) is 19.6. The van der Waals surface area contributed by atoms with Crippen LogP contribution in [0, 0.1) is 0 Å². The molecule has 33 heavy (non-hydrogen) atoms. The van der Waals surface area contributed by atoms with Crippen molar-refractivity contribution in [1.29, 1.82) is 0 Å². The molecule has 0 spiro atoms. The number of rotatable bonds is 10. The van der Waals surface area contributed by atoms with E-state index in [1.54, 1.807) is 42.5 Å². The smallest absolute Gasteiger partial charge is 0.335 e. The Morgan fingerprint density at radius 1 is 0.970 bits per heavy atom. The lowest BCUT2D eigenvalue weighted by molar-refractivity contribution is 0.0697. The number of carbonyl (C=O) groups is 1. The Hall–Kier alpha value is -2.42. The molecular formula is C24H25Cl2NO5S. The number of carboxylic acids is 1. The molecule has 0 aromatic heterocycles. The fourth-order valence-corrected chi connectivity index (χ4v) is 4.76. The monoisotopic (exact) mass is 509 g/mol. The molecule has 1 atom stereocenters. The molecule has 3 aromatic carbocycles. The minimum atomic E-state index is -3.54. The van der Waals surface area contributed by atoms with Gasteiger partial charge in [-0.25, -0.2) is 13.2 Å². The van der Waals surface area contributed by atoms with Crippen molar-refractivity contribution in [3.8, 4) is 0 Å². The van der Waals surface area contributed by atoms with Crippen LogP contribution >= 0.6 is 24.0 Å². The summed E-state index contributed by atoms with van der Waals surface area (Å²) in [6.45, 7) is 1.01. The molecule has 6 nitrogen and oxygen atoms in total. The number of nitrogens with one attached hydrogen (secondary N) is 1. The van der Waals surface area contributed by atoms with E-state index in [2.05, 4.69) is 5.32 Å². The van der Waals surface area contributed by atoms with Gasteiger partial charge in [-0.05, 0) is 66.1 Å². The summed E-state index contributed by atoms with van der Waals surface area (Å²) in [5.74, 6) is -1.25. The third kappa shape index (κ3) is 7.84. The summed E-state index contributed by atoms with van der Waals surface area (Å²) < 4.78 is 25.3. The molecule has 3 rings (SSSR count).